The van der Waals surface area contributed by atoms with Gasteiger partial charge in [-0.15, -0.1) is 6.58 Å². The number of imidazole rings is 1. The molecule has 0 fully saturated rings. The van der Waals surface area contributed by atoms with E-state index in [0.29, 0.717) is 18.1 Å². The SMILES string of the molecule is C=CCN(C)c1nc(Nc2ccccc2)nc2nc(C)[nH]c12. The average Bonchev–Trinajstić information content (AvgIpc) is 2.88. The minimum absolute atomic E-state index is 0.524. The van der Waals surface area contributed by atoms with Gasteiger partial charge in [-0.25, -0.2) is 4.98 Å². The lowest BCUT2D eigenvalue weighted by molar-refractivity contribution is 0.990. The van der Waals surface area contributed by atoms with Gasteiger partial charge in [0, 0.05) is 19.3 Å². The quantitative estimate of drug-likeness (QED) is 0.708. The molecule has 0 aliphatic rings. The molecule has 2 aromatic heterocycles. The number of H-pyrrole nitrogens is 1. The Morgan fingerprint density at radius 1 is 1.23 bits per heavy atom. The molecule has 0 amide bonds. The maximum absolute atomic E-state index is 4.61. The summed E-state index contributed by atoms with van der Waals surface area (Å²) in [6, 6.07) is 9.83. The van der Waals surface area contributed by atoms with Crippen LogP contribution < -0.4 is 10.2 Å². The van der Waals surface area contributed by atoms with Gasteiger partial charge in [0.25, 0.3) is 0 Å². The third kappa shape index (κ3) is 2.76. The number of aryl methyl sites for hydroxylation is 1. The van der Waals surface area contributed by atoms with Crippen molar-refractivity contribution < 1.29 is 0 Å². The van der Waals surface area contributed by atoms with E-state index in [0.717, 1.165) is 22.8 Å². The van der Waals surface area contributed by atoms with Crippen LogP contribution in [0.25, 0.3) is 11.2 Å². The lowest BCUT2D eigenvalue weighted by atomic mass is 10.3. The lowest BCUT2D eigenvalue weighted by Gasteiger charge is -2.17. The van der Waals surface area contributed by atoms with Crippen LogP contribution in [-0.2, 0) is 0 Å². The highest BCUT2D eigenvalue weighted by molar-refractivity contribution is 5.85. The minimum Gasteiger partial charge on any atom is -0.354 e. The number of rotatable bonds is 5. The Hall–Kier alpha value is -2.89. The summed E-state index contributed by atoms with van der Waals surface area (Å²) in [4.78, 5) is 18.7. The average molecular weight is 294 g/mol. The van der Waals surface area contributed by atoms with Crippen LogP contribution >= 0.6 is 0 Å². The second-order valence-electron chi connectivity index (χ2n) is 5.05. The fourth-order valence-corrected chi connectivity index (χ4v) is 2.26. The summed E-state index contributed by atoms with van der Waals surface area (Å²) in [6.45, 7) is 6.37. The number of nitrogens with one attached hydrogen (secondary N) is 2. The Morgan fingerprint density at radius 3 is 2.73 bits per heavy atom. The maximum atomic E-state index is 4.61. The molecule has 0 aliphatic heterocycles. The smallest absolute Gasteiger partial charge is 0.231 e. The first kappa shape index (κ1) is 14.1. The molecule has 2 heterocycles. The summed E-state index contributed by atoms with van der Waals surface area (Å²) in [6.07, 6.45) is 1.83. The van der Waals surface area contributed by atoms with Crippen LogP contribution in [0.2, 0.25) is 0 Å². The summed E-state index contributed by atoms with van der Waals surface area (Å²) >= 11 is 0. The molecule has 6 nitrogen and oxygen atoms in total. The highest BCUT2D eigenvalue weighted by atomic mass is 15.2. The van der Waals surface area contributed by atoms with E-state index < -0.39 is 0 Å². The van der Waals surface area contributed by atoms with Crippen molar-refractivity contribution in [2.45, 2.75) is 6.92 Å². The van der Waals surface area contributed by atoms with Gasteiger partial charge in [0.05, 0.1) is 0 Å². The molecule has 0 bridgehead atoms. The van der Waals surface area contributed by atoms with Crippen molar-refractivity contribution in [1.82, 2.24) is 19.9 Å². The summed E-state index contributed by atoms with van der Waals surface area (Å²) in [5.74, 6) is 2.13. The van der Waals surface area contributed by atoms with Crippen molar-refractivity contribution in [1.29, 1.82) is 0 Å². The topological polar surface area (TPSA) is 69.7 Å². The van der Waals surface area contributed by atoms with Crippen LogP contribution in [0.5, 0.6) is 0 Å². The van der Waals surface area contributed by atoms with Gasteiger partial charge in [-0.05, 0) is 19.1 Å². The fourth-order valence-electron chi connectivity index (χ4n) is 2.26. The first-order valence-corrected chi connectivity index (χ1v) is 7.06. The number of para-hydroxylation sites is 1. The lowest BCUT2D eigenvalue weighted by Crippen LogP contribution is -2.19. The molecule has 3 aromatic rings. The number of benzene rings is 1. The number of nitrogens with zero attached hydrogens (tertiary/aromatic N) is 4. The van der Waals surface area contributed by atoms with Crippen LogP contribution in [0, 0.1) is 6.92 Å². The Kier molecular flexibility index (Phi) is 3.74. The van der Waals surface area contributed by atoms with Crippen molar-refractivity contribution in [3.8, 4) is 0 Å². The predicted molar refractivity (Wildman–Crippen MR) is 89.6 cm³/mol. The Bertz CT molecular complexity index is 793. The van der Waals surface area contributed by atoms with Gasteiger partial charge in [-0.1, -0.05) is 24.3 Å². The summed E-state index contributed by atoms with van der Waals surface area (Å²) in [7, 11) is 1.96. The first-order valence-electron chi connectivity index (χ1n) is 7.06. The van der Waals surface area contributed by atoms with Gasteiger partial charge in [0.2, 0.25) is 5.95 Å². The zero-order valence-electron chi connectivity index (χ0n) is 12.7. The monoisotopic (exact) mass is 294 g/mol. The van der Waals surface area contributed by atoms with E-state index in [4.69, 9.17) is 0 Å². The van der Waals surface area contributed by atoms with Crippen molar-refractivity contribution >= 4 is 28.6 Å². The van der Waals surface area contributed by atoms with Crippen molar-refractivity contribution in [3.63, 3.8) is 0 Å². The molecule has 0 atom stereocenters. The second kappa shape index (κ2) is 5.85. The number of hydrogen-bond acceptors (Lipinski definition) is 5. The molecule has 0 aliphatic carbocycles. The van der Waals surface area contributed by atoms with Crippen molar-refractivity contribution in [3.05, 3.63) is 48.8 Å². The van der Waals surface area contributed by atoms with Crippen LogP contribution in [0.4, 0.5) is 17.5 Å². The largest absolute Gasteiger partial charge is 0.354 e. The third-order valence-electron chi connectivity index (χ3n) is 3.24. The summed E-state index contributed by atoms with van der Waals surface area (Å²) in [5.41, 5.74) is 2.42. The van der Waals surface area contributed by atoms with E-state index >= 15 is 0 Å². The van der Waals surface area contributed by atoms with Crippen molar-refractivity contribution in [2.75, 3.05) is 23.8 Å². The molecule has 2 N–H and O–H groups in total. The molecule has 0 saturated heterocycles. The van der Waals surface area contributed by atoms with E-state index in [-0.39, 0.29) is 0 Å². The molecule has 6 heteroatoms. The fraction of sp³-hybridized carbons (Fsp3) is 0.188. The van der Waals surface area contributed by atoms with E-state index in [9.17, 15) is 0 Å². The molecule has 22 heavy (non-hydrogen) atoms. The molecule has 0 unspecified atom stereocenters. The van der Waals surface area contributed by atoms with Crippen LogP contribution in [0.1, 0.15) is 5.82 Å². The van der Waals surface area contributed by atoms with Gasteiger partial charge < -0.3 is 15.2 Å². The summed E-state index contributed by atoms with van der Waals surface area (Å²) in [5, 5.41) is 3.21. The number of hydrogen-bond donors (Lipinski definition) is 2. The predicted octanol–water partition coefficient (Wildman–Crippen LogP) is 3.03. The van der Waals surface area contributed by atoms with Gasteiger partial charge in [-0.3, -0.25) is 0 Å². The first-order chi connectivity index (χ1) is 10.7. The van der Waals surface area contributed by atoms with E-state index in [1.54, 1.807) is 0 Å². The highest BCUT2D eigenvalue weighted by Crippen LogP contribution is 2.24. The van der Waals surface area contributed by atoms with E-state index in [2.05, 4.69) is 31.8 Å². The van der Waals surface area contributed by atoms with Gasteiger partial charge in [0.1, 0.15) is 11.3 Å². The van der Waals surface area contributed by atoms with E-state index in [1.807, 2.05) is 55.3 Å². The molecule has 112 valence electrons. The zero-order valence-corrected chi connectivity index (χ0v) is 12.7. The van der Waals surface area contributed by atoms with Gasteiger partial charge in [0.15, 0.2) is 11.5 Å². The highest BCUT2D eigenvalue weighted by Gasteiger charge is 2.14. The van der Waals surface area contributed by atoms with Crippen LogP contribution in [0.3, 0.4) is 0 Å². The molecule has 0 radical (unpaired) electrons. The summed E-state index contributed by atoms with van der Waals surface area (Å²) < 4.78 is 0. The van der Waals surface area contributed by atoms with Gasteiger partial charge in [-0.2, -0.15) is 9.97 Å². The van der Waals surface area contributed by atoms with Crippen LogP contribution in [-0.4, -0.2) is 33.5 Å². The number of aromatic nitrogens is 4. The molecular formula is C16H18N6. The molecule has 1 aromatic carbocycles. The number of aromatic amines is 1. The minimum atomic E-state index is 0.524. The normalized spacial score (nSPS) is 10.6. The number of anilines is 3. The Labute approximate surface area is 128 Å². The Balaban J connectivity index is 2.05. The van der Waals surface area contributed by atoms with Crippen LogP contribution in [0.15, 0.2) is 43.0 Å². The second-order valence-corrected chi connectivity index (χ2v) is 5.05. The molecule has 0 saturated carbocycles. The number of likely N-dealkylation sites (N-methyl/N-ethyl adjacent to an activating group) is 1. The third-order valence-corrected chi connectivity index (χ3v) is 3.24. The molecule has 3 rings (SSSR count). The van der Waals surface area contributed by atoms with Gasteiger partial charge >= 0.3 is 0 Å². The number of fused-ring (bicyclic) bond motifs is 1. The standard InChI is InChI=1S/C16H18N6/c1-4-10-22(3)15-13-14(18-11(2)17-13)20-16(21-15)19-12-8-6-5-7-9-12/h4-9H,1,10H2,2-3H3,(H2,17,18,19,20,21). The molecular weight excluding hydrogens is 276 g/mol. The Morgan fingerprint density at radius 2 is 2.00 bits per heavy atom. The zero-order chi connectivity index (χ0) is 15.5. The van der Waals surface area contributed by atoms with E-state index in [1.165, 1.54) is 0 Å². The van der Waals surface area contributed by atoms with Crippen molar-refractivity contribution in [2.24, 2.45) is 0 Å². The molecule has 0 spiro atoms. The maximum Gasteiger partial charge on any atom is 0.231 e.